The molecule has 0 fully saturated rings. The standard InChI is InChI=1S/C18H20N2O3/c1-12-6-4-8-15(10-12)18(22)20-19-17(21)11-23-16-9-5-7-13(2)14(16)3/h4-10H,11H2,1-3H3,(H,19,21)(H,20,22). The van der Waals surface area contributed by atoms with Crippen LogP contribution in [0.2, 0.25) is 0 Å². The summed E-state index contributed by atoms with van der Waals surface area (Å²) in [7, 11) is 0. The zero-order valence-electron chi connectivity index (χ0n) is 13.5. The van der Waals surface area contributed by atoms with Crippen molar-refractivity contribution in [2.45, 2.75) is 20.8 Å². The lowest BCUT2D eigenvalue weighted by atomic mass is 10.1. The van der Waals surface area contributed by atoms with Crippen molar-refractivity contribution in [3.8, 4) is 5.75 Å². The van der Waals surface area contributed by atoms with E-state index in [2.05, 4.69) is 10.9 Å². The summed E-state index contributed by atoms with van der Waals surface area (Å²) in [6.45, 7) is 5.64. The molecule has 0 saturated carbocycles. The van der Waals surface area contributed by atoms with E-state index in [1.807, 2.05) is 39.0 Å². The number of carbonyl (C=O) groups excluding carboxylic acids is 2. The van der Waals surface area contributed by atoms with Gasteiger partial charge in [-0.25, -0.2) is 0 Å². The van der Waals surface area contributed by atoms with Crippen LogP contribution in [0.3, 0.4) is 0 Å². The molecule has 23 heavy (non-hydrogen) atoms. The third-order valence-corrected chi connectivity index (χ3v) is 3.51. The predicted octanol–water partition coefficient (Wildman–Crippen LogP) is 2.45. The van der Waals surface area contributed by atoms with E-state index >= 15 is 0 Å². The molecule has 2 aromatic rings. The average molecular weight is 312 g/mol. The molecular formula is C18H20N2O3. The SMILES string of the molecule is Cc1cccc(C(=O)NNC(=O)COc2cccc(C)c2C)c1. The van der Waals surface area contributed by atoms with E-state index in [0.29, 0.717) is 11.3 Å². The van der Waals surface area contributed by atoms with Crippen molar-refractivity contribution in [2.75, 3.05) is 6.61 Å². The summed E-state index contributed by atoms with van der Waals surface area (Å²) in [6.07, 6.45) is 0. The molecule has 2 N–H and O–H groups in total. The van der Waals surface area contributed by atoms with E-state index in [0.717, 1.165) is 16.7 Å². The summed E-state index contributed by atoms with van der Waals surface area (Å²) in [5.74, 6) is -0.133. The highest BCUT2D eigenvalue weighted by Crippen LogP contribution is 2.20. The van der Waals surface area contributed by atoms with Crippen molar-refractivity contribution in [3.05, 3.63) is 64.7 Å². The van der Waals surface area contributed by atoms with Gasteiger partial charge >= 0.3 is 0 Å². The molecule has 0 aromatic heterocycles. The fraction of sp³-hybridized carbons (Fsp3) is 0.222. The van der Waals surface area contributed by atoms with E-state index < -0.39 is 5.91 Å². The zero-order chi connectivity index (χ0) is 16.8. The molecule has 0 aliphatic carbocycles. The molecule has 0 bridgehead atoms. The third-order valence-electron chi connectivity index (χ3n) is 3.51. The maximum absolute atomic E-state index is 11.9. The predicted molar refractivity (Wildman–Crippen MR) is 88.2 cm³/mol. The van der Waals surface area contributed by atoms with E-state index in [4.69, 9.17) is 4.74 Å². The van der Waals surface area contributed by atoms with Crippen molar-refractivity contribution in [1.29, 1.82) is 0 Å². The highest BCUT2D eigenvalue weighted by Gasteiger charge is 2.09. The van der Waals surface area contributed by atoms with Crippen LogP contribution in [0, 0.1) is 20.8 Å². The Balaban J connectivity index is 1.83. The Morgan fingerprint density at radius 2 is 1.74 bits per heavy atom. The molecule has 0 radical (unpaired) electrons. The summed E-state index contributed by atoms with van der Waals surface area (Å²) in [4.78, 5) is 23.7. The molecule has 0 aliphatic heterocycles. The van der Waals surface area contributed by atoms with Crippen LogP contribution in [-0.2, 0) is 4.79 Å². The molecule has 0 spiro atoms. The molecule has 5 nitrogen and oxygen atoms in total. The van der Waals surface area contributed by atoms with E-state index in [1.165, 1.54) is 0 Å². The second-order valence-electron chi connectivity index (χ2n) is 5.36. The average Bonchev–Trinajstić information content (AvgIpc) is 2.54. The van der Waals surface area contributed by atoms with Gasteiger partial charge in [0.25, 0.3) is 11.8 Å². The van der Waals surface area contributed by atoms with Gasteiger partial charge in [-0.2, -0.15) is 0 Å². The first-order valence-electron chi connectivity index (χ1n) is 7.32. The van der Waals surface area contributed by atoms with E-state index in [1.54, 1.807) is 24.3 Å². The Morgan fingerprint density at radius 3 is 2.48 bits per heavy atom. The van der Waals surface area contributed by atoms with Crippen LogP contribution in [-0.4, -0.2) is 18.4 Å². The summed E-state index contributed by atoms with van der Waals surface area (Å²) < 4.78 is 5.47. The second-order valence-corrected chi connectivity index (χ2v) is 5.36. The van der Waals surface area contributed by atoms with Gasteiger partial charge in [0.2, 0.25) is 0 Å². The van der Waals surface area contributed by atoms with Crippen molar-refractivity contribution in [3.63, 3.8) is 0 Å². The molecule has 0 saturated heterocycles. The fourth-order valence-electron chi connectivity index (χ4n) is 2.04. The molecule has 0 atom stereocenters. The summed E-state index contributed by atoms with van der Waals surface area (Å²) >= 11 is 0. The third kappa shape index (κ3) is 4.57. The lowest BCUT2D eigenvalue weighted by molar-refractivity contribution is -0.123. The van der Waals surface area contributed by atoms with Crippen molar-refractivity contribution >= 4 is 11.8 Å². The monoisotopic (exact) mass is 312 g/mol. The van der Waals surface area contributed by atoms with Gasteiger partial charge in [-0.15, -0.1) is 0 Å². The molecule has 5 heteroatoms. The van der Waals surface area contributed by atoms with Gasteiger partial charge in [-0.3, -0.25) is 20.4 Å². The van der Waals surface area contributed by atoms with Crippen LogP contribution in [0.1, 0.15) is 27.0 Å². The molecule has 0 heterocycles. The van der Waals surface area contributed by atoms with Crippen LogP contribution >= 0.6 is 0 Å². The first-order valence-corrected chi connectivity index (χ1v) is 7.32. The molecular weight excluding hydrogens is 292 g/mol. The Morgan fingerprint density at radius 1 is 1.00 bits per heavy atom. The number of nitrogens with one attached hydrogen (secondary N) is 2. The smallest absolute Gasteiger partial charge is 0.276 e. The lowest BCUT2D eigenvalue weighted by Gasteiger charge is -2.11. The number of hydrogen-bond donors (Lipinski definition) is 2. The van der Waals surface area contributed by atoms with Gasteiger partial charge in [-0.1, -0.05) is 29.8 Å². The highest BCUT2D eigenvalue weighted by atomic mass is 16.5. The number of hydrogen-bond acceptors (Lipinski definition) is 3. The molecule has 2 rings (SSSR count). The van der Waals surface area contributed by atoms with Gasteiger partial charge in [0, 0.05) is 5.56 Å². The Hall–Kier alpha value is -2.82. The van der Waals surface area contributed by atoms with E-state index in [-0.39, 0.29) is 12.5 Å². The van der Waals surface area contributed by atoms with Gasteiger partial charge in [0.15, 0.2) is 6.61 Å². The fourth-order valence-corrected chi connectivity index (χ4v) is 2.04. The number of benzene rings is 2. The zero-order valence-corrected chi connectivity index (χ0v) is 13.5. The second kappa shape index (κ2) is 7.45. The minimum atomic E-state index is -0.424. The number of ether oxygens (including phenoxy) is 1. The number of hydrazine groups is 1. The molecule has 0 aliphatic rings. The normalized spacial score (nSPS) is 10.0. The topological polar surface area (TPSA) is 67.4 Å². The maximum Gasteiger partial charge on any atom is 0.276 e. The summed E-state index contributed by atoms with van der Waals surface area (Å²) in [5.41, 5.74) is 8.26. The number of aryl methyl sites for hydroxylation is 2. The molecule has 2 aromatic carbocycles. The Labute approximate surface area is 135 Å². The molecule has 120 valence electrons. The number of carbonyl (C=O) groups is 2. The van der Waals surface area contributed by atoms with Gasteiger partial charge in [-0.05, 0) is 50.1 Å². The largest absolute Gasteiger partial charge is 0.483 e. The van der Waals surface area contributed by atoms with Crippen molar-refractivity contribution in [2.24, 2.45) is 0 Å². The van der Waals surface area contributed by atoms with Crippen molar-refractivity contribution < 1.29 is 14.3 Å². The summed E-state index contributed by atoms with van der Waals surface area (Å²) in [6, 6.07) is 12.8. The van der Waals surface area contributed by atoms with Gasteiger partial charge in [0.1, 0.15) is 5.75 Å². The van der Waals surface area contributed by atoms with Crippen LogP contribution in [0.15, 0.2) is 42.5 Å². The van der Waals surface area contributed by atoms with Crippen LogP contribution in [0.5, 0.6) is 5.75 Å². The lowest BCUT2D eigenvalue weighted by Crippen LogP contribution is -2.43. The maximum atomic E-state index is 11.9. The van der Waals surface area contributed by atoms with Crippen LogP contribution in [0.25, 0.3) is 0 Å². The quantitative estimate of drug-likeness (QED) is 0.852. The number of amides is 2. The highest BCUT2D eigenvalue weighted by molar-refractivity contribution is 5.95. The van der Waals surface area contributed by atoms with E-state index in [9.17, 15) is 9.59 Å². The molecule has 2 amide bonds. The van der Waals surface area contributed by atoms with Crippen molar-refractivity contribution in [1.82, 2.24) is 10.9 Å². The van der Waals surface area contributed by atoms with Crippen LogP contribution in [0.4, 0.5) is 0 Å². The first kappa shape index (κ1) is 16.5. The summed E-state index contributed by atoms with van der Waals surface area (Å²) in [5, 5.41) is 0. The van der Waals surface area contributed by atoms with Gasteiger partial charge in [0.05, 0.1) is 0 Å². The minimum Gasteiger partial charge on any atom is -0.483 e. The first-order chi connectivity index (χ1) is 11.0. The van der Waals surface area contributed by atoms with Gasteiger partial charge < -0.3 is 4.74 Å². The number of rotatable bonds is 4. The molecule has 0 unspecified atom stereocenters. The minimum absolute atomic E-state index is 0.168. The Bertz CT molecular complexity index is 726. The van der Waals surface area contributed by atoms with Crippen LogP contribution < -0.4 is 15.6 Å². The Kier molecular flexibility index (Phi) is 5.36.